The zero-order valence-corrected chi connectivity index (χ0v) is 14.4. The van der Waals surface area contributed by atoms with E-state index >= 15 is 0 Å². The van der Waals surface area contributed by atoms with Gasteiger partial charge in [-0.05, 0) is 51.8 Å². The molecule has 2 rings (SSSR count). The Bertz CT molecular complexity index is 748. The monoisotopic (exact) mass is 388 g/mol. The number of anilines is 1. The molecule has 0 fully saturated rings. The molecule has 2 aromatic carbocycles. The van der Waals surface area contributed by atoms with Crippen molar-refractivity contribution in [1.29, 1.82) is 0 Å². The van der Waals surface area contributed by atoms with Gasteiger partial charge in [0.2, 0.25) is 10.0 Å². The van der Waals surface area contributed by atoms with Gasteiger partial charge in [0.05, 0.1) is 9.92 Å². The van der Waals surface area contributed by atoms with Crippen molar-refractivity contribution in [3.8, 4) is 0 Å². The van der Waals surface area contributed by atoms with Gasteiger partial charge in [-0.15, -0.1) is 0 Å². The van der Waals surface area contributed by atoms with Crippen LogP contribution in [0.2, 0.25) is 5.02 Å². The molecule has 112 valence electrons. The molecule has 0 aliphatic heterocycles. The smallest absolute Gasteiger partial charge is 0.243 e. The molecular weight excluding hydrogens is 376 g/mol. The van der Waals surface area contributed by atoms with Gasteiger partial charge in [0.25, 0.3) is 0 Å². The fourth-order valence-electron chi connectivity index (χ4n) is 1.78. The molecule has 21 heavy (non-hydrogen) atoms. The molecule has 0 bridgehead atoms. The predicted molar refractivity (Wildman–Crippen MR) is 88.7 cm³/mol. The topological polar surface area (TPSA) is 63.4 Å². The first kappa shape index (κ1) is 16.3. The number of hydrogen-bond donors (Lipinski definition) is 1. The van der Waals surface area contributed by atoms with Crippen LogP contribution in [0.4, 0.5) is 5.69 Å². The van der Waals surface area contributed by atoms with E-state index < -0.39 is 10.0 Å². The number of hydrogen-bond acceptors (Lipinski definition) is 3. The summed E-state index contributed by atoms with van der Waals surface area (Å²) in [4.78, 5) is 0.191. The Morgan fingerprint density at radius 1 is 1.19 bits per heavy atom. The van der Waals surface area contributed by atoms with Crippen molar-refractivity contribution in [2.24, 2.45) is 0 Å². The third-order valence-corrected chi connectivity index (χ3v) is 6.00. The lowest BCUT2D eigenvalue weighted by atomic mass is 10.2. The quantitative estimate of drug-likeness (QED) is 0.814. The van der Waals surface area contributed by atoms with Crippen LogP contribution in [-0.4, -0.2) is 19.8 Å². The second kappa shape index (κ2) is 6.36. The molecule has 2 N–H and O–H groups in total. The third kappa shape index (κ3) is 3.77. The van der Waals surface area contributed by atoms with Crippen LogP contribution in [0.3, 0.4) is 0 Å². The maximum absolute atomic E-state index is 12.5. The summed E-state index contributed by atoms with van der Waals surface area (Å²) in [7, 11) is -2.04. The number of nitrogens with two attached hydrogens (primary N) is 1. The number of sulfonamides is 1. The van der Waals surface area contributed by atoms with Crippen molar-refractivity contribution in [3.63, 3.8) is 0 Å². The highest BCUT2D eigenvalue weighted by molar-refractivity contribution is 9.10. The van der Waals surface area contributed by atoms with E-state index in [1.807, 2.05) is 0 Å². The number of halogens is 2. The van der Waals surface area contributed by atoms with E-state index in [0.29, 0.717) is 15.2 Å². The Balaban J connectivity index is 2.25. The summed E-state index contributed by atoms with van der Waals surface area (Å²) in [6, 6.07) is 11.6. The third-order valence-electron chi connectivity index (χ3n) is 2.98. The summed E-state index contributed by atoms with van der Waals surface area (Å²) in [5.74, 6) is 0. The lowest BCUT2D eigenvalue weighted by molar-refractivity contribution is 0.466. The van der Waals surface area contributed by atoms with Gasteiger partial charge in [0.15, 0.2) is 0 Å². The van der Waals surface area contributed by atoms with Gasteiger partial charge in [-0.3, -0.25) is 0 Å². The molecule has 0 spiro atoms. The van der Waals surface area contributed by atoms with Crippen molar-refractivity contribution in [1.82, 2.24) is 4.31 Å². The minimum Gasteiger partial charge on any atom is -0.399 e. The van der Waals surface area contributed by atoms with E-state index in [9.17, 15) is 8.42 Å². The van der Waals surface area contributed by atoms with Crippen LogP contribution in [0.25, 0.3) is 0 Å². The summed E-state index contributed by atoms with van der Waals surface area (Å²) in [5.41, 5.74) is 7.12. The van der Waals surface area contributed by atoms with Crippen LogP contribution in [0.5, 0.6) is 0 Å². The van der Waals surface area contributed by atoms with E-state index in [0.717, 1.165) is 5.56 Å². The van der Waals surface area contributed by atoms with Crippen molar-refractivity contribution >= 4 is 43.2 Å². The molecule has 0 saturated carbocycles. The van der Waals surface area contributed by atoms with Gasteiger partial charge in [-0.25, -0.2) is 8.42 Å². The summed E-state index contributed by atoms with van der Waals surface area (Å²) in [5, 5.41) is 0.468. The molecule has 0 radical (unpaired) electrons. The molecule has 0 unspecified atom stereocenters. The van der Waals surface area contributed by atoms with Crippen LogP contribution in [-0.2, 0) is 16.6 Å². The first-order chi connectivity index (χ1) is 9.80. The number of nitrogen functional groups attached to an aromatic ring is 1. The van der Waals surface area contributed by atoms with Crippen LogP contribution >= 0.6 is 27.5 Å². The molecule has 0 aliphatic rings. The van der Waals surface area contributed by atoms with Gasteiger partial charge in [-0.1, -0.05) is 23.7 Å². The summed E-state index contributed by atoms with van der Waals surface area (Å²) in [6.07, 6.45) is 0. The van der Waals surface area contributed by atoms with E-state index in [1.54, 1.807) is 30.3 Å². The SMILES string of the molecule is CN(Cc1ccc(N)cc1)S(=O)(=O)c1ccc(Cl)c(Br)c1. The van der Waals surface area contributed by atoms with Crippen LogP contribution in [0.1, 0.15) is 5.56 Å². The molecule has 0 saturated heterocycles. The molecular formula is C14H14BrClN2O2S. The summed E-state index contributed by atoms with van der Waals surface area (Å²) < 4.78 is 26.8. The molecule has 7 heteroatoms. The number of rotatable bonds is 4. The Kier molecular flexibility index (Phi) is 4.93. The Morgan fingerprint density at radius 3 is 2.38 bits per heavy atom. The molecule has 0 heterocycles. The average molecular weight is 390 g/mol. The maximum atomic E-state index is 12.5. The van der Waals surface area contributed by atoms with Crippen LogP contribution < -0.4 is 5.73 Å². The van der Waals surface area contributed by atoms with Crippen molar-refractivity contribution in [3.05, 3.63) is 57.5 Å². The summed E-state index contributed by atoms with van der Waals surface area (Å²) in [6.45, 7) is 0.267. The molecule has 0 aromatic heterocycles. The van der Waals surface area contributed by atoms with E-state index in [2.05, 4.69) is 15.9 Å². The van der Waals surface area contributed by atoms with Gasteiger partial charge >= 0.3 is 0 Å². The van der Waals surface area contributed by atoms with E-state index in [4.69, 9.17) is 17.3 Å². The highest BCUT2D eigenvalue weighted by atomic mass is 79.9. The summed E-state index contributed by atoms with van der Waals surface area (Å²) >= 11 is 9.12. The second-order valence-corrected chi connectivity index (χ2v) is 7.88. The van der Waals surface area contributed by atoms with Crippen LogP contribution in [0, 0.1) is 0 Å². The van der Waals surface area contributed by atoms with Gasteiger partial charge < -0.3 is 5.73 Å². The van der Waals surface area contributed by atoms with E-state index in [-0.39, 0.29) is 11.4 Å². The Morgan fingerprint density at radius 2 is 1.81 bits per heavy atom. The number of nitrogens with zero attached hydrogens (tertiary/aromatic N) is 1. The maximum Gasteiger partial charge on any atom is 0.243 e. The fraction of sp³-hybridized carbons (Fsp3) is 0.143. The van der Waals surface area contributed by atoms with Crippen LogP contribution in [0.15, 0.2) is 51.8 Å². The normalized spacial score (nSPS) is 11.8. The highest BCUT2D eigenvalue weighted by Crippen LogP contribution is 2.27. The number of benzene rings is 2. The Hall–Kier alpha value is -1.08. The second-order valence-electron chi connectivity index (χ2n) is 4.58. The van der Waals surface area contributed by atoms with Gasteiger partial charge in [0, 0.05) is 23.8 Å². The standard InChI is InChI=1S/C14H14BrClN2O2S/c1-18(9-10-2-4-11(17)5-3-10)21(19,20)12-6-7-14(16)13(15)8-12/h2-8H,9,17H2,1H3. The fourth-order valence-corrected chi connectivity index (χ4v) is 3.62. The average Bonchev–Trinajstić information content (AvgIpc) is 2.44. The van der Waals surface area contributed by atoms with E-state index in [1.165, 1.54) is 23.5 Å². The zero-order valence-electron chi connectivity index (χ0n) is 11.3. The highest BCUT2D eigenvalue weighted by Gasteiger charge is 2.21. The molecule has 0 atom stereocenters. The zero-order chi connectivity index (χ0) is 15.6. The van der Waals surface area contributed by atoms with Gasteiger partial charge in [-0.2, -0.15) is 4.31 Å². The lowest BCUT2D eigenvalue weighted by Gasteiger charge is -2.17. The molecule has 2 aromatic rings. The van der Waals surface area contributed by atoms with Crippen molar-refractivity contribution in [2.45, 2.75) is 11.4 Å². The van der Waals surface area contributed by atoms with Gasteiger partial charge in [0.1, 0.15) is 0 Å². The lowest BCUT2D eigenvalue weighted by Crippen LogP contribution is -2.26. The minimum atomic E-state index is -3.57. The first-order valence-electron chi connectivity index (χ1n) is 6.06. The Labute approximate surface area is 137 Å². The largest absolute Gasteiger partial charge is 0.399 e. The molecule has 4 nitrogen and oxygen atoms in total. The molecule has 0 amide bonds. The van der Waals surface area contributed by atoms with Crippen molar-refractivity contribution < 1.29 is 8.42 Å². The molecule has 0 aliphatic carbocycles. The predicted octanol–water partition coefficient (Wildman–Crippen LogP) is 3.51. The first-order valence-corrected chi connectivity index (χ1v) is 8.67. The minimum absolute atomic E-state index is 0.191. The van der Waals surface area contributed by atoms with Crippen molar-refractivity contribution in [2.75, 3.05) is 12.8 Å².